The highest BCUT2D eigenvalue weighted by Gasteiger charge is 2.26. The van der Waals surface area contributed by atoms with Crippen LogP contribution in [0.5, 0.6) is 0 Å². The number of thiazole rings is 1. The monoisotopic (exact) mass is 288 g/mol. The van der Waals surface area contributed by atoms with Crippen molar-refractivity contribution in [1.82, 2.24) is 14.8 Å². The van der Waals surface area contributed by atoms with Crippen LogP contribution in [0.4, 0.5) is 5.69 Å². The number of aromatic nitrogens is 1. The number of nitrogens with zero attached hydrogens (tertiary/aromatic N) is 3. The quantitative estimate of drug-likeness (QED) is 0.861. The Bertz CT molecular complexity index is 595. The van der Waals surface area contributed by atoms with Gasteiger partial charge in [0, 0.05) is 36.3 Å². The molecule has 0 spiro atoms. The first-order chi connectivity index (χ1) is 9.63. The van der Waals surface area contributed by atoms with E-state index in [1.54, 1.807) is 11.3 Å². The molecule has 1 aromatic carbocycles. The lowest BCUT2D eigenvalue weighted by Crippen LogP contribution is -2.44. The largest absolute Gasteiger partial charge is 0.399 e. The van der Waals surface area contributed by atoms with E-state index < -0.39 is 0 Å². The molecule has 0 bridgehead atoms. The maximum Gasteiger partial charge on any atom is 0.112 e. The van der Waals surface area contributed by atoms with Crippen molar-refractivity contribution in [1.29, 1.82) is 0 Å². The molecule has 2 heterocycles. The van der Waals surface area contributed by atoms with Crippen LogP contribution in [-0.4, -0.2) is 48.5 Å². The van der Waals surface area contributed by atoms with E-state index in [0.717, 1.165) is 36.6 Å². The van der Waals surface area contributed by atoms with Crippen LogP contribution >= 0.6 is 11.3 Å². The lowest BCUT2D eigenvalue weighted by atomic mass is 10.1. The molecule has 0 amide bonds. The highest BCUT2D eigenvalue weighted by Crippen LogP contribution is 2.30. The third-order valence-electron chi connectivity index (χ3n) is 3.84. The molecule has 1 fully saturated rings. The Balaban J connectivity index is 1.86. The number of nitrogens with two attached hydrogens (primary N) is 1. The highest BCUT2D eigenvalue weighted by molar-refractivity contribution is 7.10. The number of anilines is 1. The first kappa shape index (κ1) is 13.5. The van der Waals surface area contributed by atoms with E-state index in [-0.39, 0.29) is 0 Å². The zero-order valence-corrected chi connectivity index (χ0v) is 12.7. The summed E-state index contributed by atoms with van der Waals surface area (Å²) in [6.07, 6.45) is 0. The number of piperazine rings is 1. The minimum Gasteiger partial charge on any atom is -0.399 e. The highest BCUT2D eigenvalue weighted by atomic mass is 32.1. The minimum absolute atomic E-state index is 0.397. The van der Waals surface area contributed by atoms with Gasteiger partial charge in [-0.25, -0.2) is 4.98 Å². The summed E-state index contributed by atoms with van der Waals surface area (Å²) in [4.78, 5) is 9.58. The topological polar surface area (TPSA) is 45.4 Å². The maximum atomic E-state index is 5.85. The lowest BCUT2D eigenvalue weighted by molar-refractivity contribution is 0.115. The second kappa shape index (κ2) is 5.52. The smallest absolute Gasteiger partial charge is 0.112 e. The minimum atomic E-state index is 0.397. The summed E-state index contributed by atoms with van der Waals surface area (Å²) in [5.41, 5.74) is 8.75. The van der Waals surface area contributed by atoms with Gasteiger partial charge in [-0.3, -0.25) is 4.90 Å². The van der Waals surface area contributed by atoms with E-state index in [0.29, 0.717) is 6.04 Å². The number of benzene rings is 1. The van der Waals surface area contributed by atoms with Gasteiger partial charge in [0.05, 0.1) is 11.7 Å². The molecular formula is C15H20N4S. The lowest BCUT2D eigenvalue weighted by Gasteiger charge is -2.36. The van der Waals surface area contributed by atoms with Crippen LogP contribution in [0.2, 0.25) is 0 Å². The zero-order chi connectivity index (χ0) is 14.1. The van der Waals surface area contributed by atoms with Gasteiger partial charge >= 0.3 is 0 Å². The summed E-state index contributed by atoms with van der Waals surface area (Å²) in [6, 6.07) is 8.32. The van der Waals surface area contributed by atoms with Crippen LogP contribution in [0.3, 0.4) is 0 Å². The Kier molecular flexibility index (Phi) is 3.74. The summed E-state index contributed by atoms with van der Waals surface area (Å²) < 4.78 is 0. The van der Waals surface area contributed by atoms with Crippen molar-refractivity contribution in [2.75, 3.05) is 39.5 Å². The molecular weight excluding hydrogens is 268 g/mol. The first-order valence-electron chi connectivity index (χ1n) is 6.83. The van der Waals surface area contributed by atoms with E-state index in [4.69, 9.17) is 10.7 Å². The molecule has 4 nitrogen and oxygen atoms in total. The second-order valence-electron chi connectivity index (χ2n) is 5.46. The molecule has 1 atom stereocenters. The Morgan fingerprint density at radius 3 is 2.95 bits per heavy atom. The van der Waals surface area contributed by atoms with Crippen molar-refractivity contribution >= 4 is 17.0 Å². The molecule has 2 N–H and O–H groups in total. The van der Waals surface area contributed by atoms with Gasteiger partial charge < -0.3 is 10.6 Å². The normalized spacial score (nSPS) is 21.2. The van der Waals surface area contributed by atoms with E-state index in [2.05, 4.69) is 35.3 Å². The second-order valence-corrected chi connectivity index (χ2v) is 6.34. The zero-order valence-electron chi connectivity index (χ0n) is 11.9. The molecule has 0 saturated carbocycles. The van der Waals surface area contributed by atoms with Gasteiger partial charge in [-0.2, -0.15) is 0 Å². The van der Waals surface area contributed by atoms with Crippen molar-refractivity contribution in [2.45, 2.75) is 6.04 Å². The van der Waals surface area contributed by atoms with Crippen molar-refractivity contribution in [2.24, 2.45) is 0 Å². The number of hydrogen-bond donors (Lipinski definition) is 1. The average molecular weight is 288 g/mol. The Hall–Kier alpha value is -1.43. The molecule has 0 radical (unpaired) electrons. The van der Waals surface area contributed by atoms with Gasteiger partial charge in [-0.05, 0) is 26.2 Å². The van der Waals surface area contributed by atoms with Gasteiger partial charge in [-0.15, -0.1) is 11.3 Å². The van der Waals surface area contributed by atoms with Crippen LogP contribution in [0.25, 0.3) is 11.3 Å². The Morgan fingerprint density at radius 1 is 1.30 bits per heavy atom. The van der Waals surface area contributed by atoms with Crippen LogP contribution in [0.1, 0.15) is 11.0 Å². The molecule has 1 aliphatic heterocycles. The number of rotatable bonds is 2. The van der Waals surface area contributed by atoms with E-state index in [1.165, 1.54) is 5.01 Å². The molecule has 3 rings (SSSR count). The molecule has 1 saturated heterocycles. The third-order valence-corrected chi connectivity index (χ3v) is 4.79. The fourth-order valence-electron chi connectivity index (χ4n) is 2.55. The van der Waals surface area contributed by atoms with Gasteiger partial charge in [0.15, 0.2) is 0 Å². The van der Waals surface area contributed by atoms with E-state index in [9.17, 15) is 0 Å². The van der Waals surface area contributed by atoms with Gasteiger partial charge in [-0.1, -0.05) is 12.1 Å². The maximum absolute atomic E-state index is 5.85. The van der Waals surface area contributed by atoms with Crippen molar-refractivity contribution in [3.63, 3.8) is 0 Å². The predicted molar refractivity (Wildman–Crippen MR) is 84.8 cm³/mol. The molecule has 1 aromatic heterocycles. The summed E-state index contributed by atoms with van der Waals surface area (Å²) in [6.45, 7) is 3.26. The van der Waals surface area contributed by atoms with Crippen molar-refractivity contribution < 1.29 is 0 Å². The summed E-state index contributed by atoms with van der Waals surface area (Å²) in [7, 11) is 4.35. The molecule has 20 heavy (non-hydrogen) atoms. The summed E-state index contributed by atoms with van der Waals surface area (Å²) in [5, 5.41) is 3.32. The standard InChI is InChI=1S/C15H20N4S/c1-18-6-7-19(2)14(9-18)15-17-13(10-20-15)11-4-3-5-12(16)8-11/h3-5,8,10,14H,6-7,9,16H2,1-2H3. The van der Waals surface area contributed by atoms with E-state index in [1.807, 2.05) is 18.2 Å². The van der Waals surface area contributed by atoms with Gasteiger partial charge in [0.25, 0.3) is 0 Å². The Morgan fingerprint density at radius 2 is 2.15 bits per heavy atom. The van der Waals surface area contributed by atoms with E-state index >= 15 is 0 Å². The Labute approximate surface area is 123 Å². The SMILES string of the molecule is CN1CCN(C)C(c2nc(-c3cccc(N)c3)cs2)C1. The van der Waals surface area contributed by atoms with Gasteiger partial charge in [0.1, 0.15) is 5.01 Å². The molecule has 5 heteroatoms. The molecule has 0 aliphatic carbocycles. The number of hydrogen-bond acceptors (Lipinski definition) is 5. The van der Waals surface area contributed by atoms with Crippen LogP contribution in [0.15, 0.2) is 29.6 Å². The predicted octanol–water partition coefficient (Wildman–Crippen LogP) is 2.31. The summed E-state index contributed by atoms with van der Waals surface area (Å²) >= 11 is 1.74. The fraction of sp³-hybridized carbons (Fsp3) is 0.400. The molecule has 1 unspecified atom stereocenters. The molecule has 2 aromatic rings. The third kappa shape index (κ3) is 2.70. The van der Waals surface area contributed by atoms with Crippen LogP contribution in [-0.2, 0) is 0 Å². The molecule has 106 valence electrons. The first-order valence-corrected chi connectivity index (χ1v) is 7.71. The number of nitrogen functional groups attached to an aromatic ring is 1. The summed E-state index contributed by atoms with van der Waals surface area (Å²) in [5.74, 6) is 0. The molecule has 1 aliphatic rings. The van der Waals surface area contributed by atoms with Gasteiger partial charge in [0.2, 0.25) is 0 Å². The average Bonchev–Trinajstić information content (AvgIpc) is 2.91. The van der Waals surface area contributed by atoms with Crippen LogP contribution < -0.4 is 5.73 Å². The van der Waals surface area contributed by atoms with Crippen molar-refractivity contribution in [3.05, 3.63) is 34.7 Å². The van der Waals surface area contributed by atoms with Crippen molar-refractivity contribution in [3.8, 4) is 11.3 Å². The fourth-order valence-corrected chi connectivity index (χ4v) is 3.53. The van der Waals surface area contributed by atoms with Crippen LogP contribution in [0, 0.1) is 0 Å². The number of likely N-dealkylation sites (N-methyl/N-ethyl adjacent to an activating group) is 2.